The average Bonchev–Trinajstić information content (AvgIpc) is 4.22. The Morgan fingerprint density at radius 2 is 1.72 bits per heavy atom. The summed E-state index contributed by atoms with van der Waals surface area (Å²) < 4.78 is 14.7. The van der Waals surface area contributed by atoms with Gasteiger partial charge < -0.3 is 25.2 Å². The summed E-state index contributed by atoms with van der Waals surface area (Å²) in [5, 5.41) is 13.7. The first-order valence-corrected chi connectivity index (χ1v) is 28.8. The fourth-order valence-electron chi connectivity index (χ4n) is 22.1. The molecule has 3 N–H and O–H groups in total. The molecule has 1 aromatic rings. The molecule has 364 valence electrons. The smallest absolute Gasteiger partial charge is 0.339 e. The third-order valence-electron chi connectivity index (χ3n) is 24.1. The van der Waals surface area contributed by atoms with Crippen LogP contribution in [0.5, 0.6) is 0 Å². The maximum atomic E-state index is 16.6. The standard InChI is InChI=1S/C61H75N3O5/c62-25-7-12-36-10-6-14-45-51(36)56(66)69-61(45)49-28-37(35-8-1-2-9-35)15-17-43-42-13-5-11-38-27-39-16-18-46-41-26-34-31-63(33-41)47(40-19-23-58(30-40)21-3-4-22-58)29-48(65)55-59(61)24-20-44(53(43)60(49,59)57(67)68-55)52(50(38)42)54(39)64(46)32-34/h5-6,10,13-15,17,34-35,37-38,40-43,46-47,49-50,52,65H,1-4,7-9,11-12,16,18-33,62H2. The van der Waals surface area contributed by atoms with Crippen molar-refractivity contribution in [3.05, 3.63) is 93.1 Å². The van der Waals surface area contributed by atoms with E-state index in [0.717, 1.165) is 56.4 Å². The van der Waals surface area contributed by atoms with E-state index >= 15 is 9.59 Å². The van der Waals surface area contributed by atoms with E-state index < -0.39 is 16.4 Å². The quantitative estimate of drug-likeness (QED) is 0.222. The molecule has 0 radical (unpaired) electrons. The zero-order valence-corrected chi connectivity index (χ0v) is 41.0. The summed E-state index contributed by atoms with van der Waals surface area (Å²) in [6.07, 6.45) is 34.9. The predicted molar refractivity (Wildman–Crippen MR) is 263 cm³/mol. The highest BCUT2D eigenvalue weighted by Crippen LogP contribution is 2.88. The second kappa shape index (κ2) is 14.5. The molecular weight excluding hydrogens is 855 g/mol. The van der Waals surface area contributed by atoms with Crippen LogP contribution in [0.4, 0.5) is 0 Å². The number of piperidine rings is 2. The summed E-state index contributed by atoms with van der Waals surface area (Å²) in [5.41, 5.74) is 12.3. The Kier molecular flexibility index (Phi) is 8.84. The van der Waals surface area contributed by atoms with Gasteiger partial charge in [0.15, 0.2) is 11.4 Å². The number of carbonyl (C=O) groups is 2. The molecule has 0 aromatic heterocycles. The summed E-state index contributed by atoms with van der Waals surface area (Å²) >= 11 is 0. The monoisotopic (exact) mass is 930 g/mol. The van der Waals surface area contributed by atoms with Gasteiger partial charge >= 0.3 is 11.9 Å². The molecule has 4 saturated carbocycles. The molecule has 7 fully saturated rings. The van der Waals surface area contributed by atoms with Crippen molar-refractivity contribution in [3.63, 3.8) is 0 Å². The lowest BCUT2D eigenvalue weighted by atomic mass is 9.27. The van der Waals surface area contributed by atoms with Gasteiger partial charge in [-0.3, -0.25) is 9.69 Å². The van der Waals surface area contributed by atoms with E-state index in [0.29, 0.717) is 84.1 Å². The number of allylic oxidation sites excluding steroid dienone is 6. The Morgan fingerprint density at radius 3 is 2.59 bits per heavy atom. The SMILES string of the molecule is NCCCc1cccc2c1C(=O)OC21C2CC(C3CCCC3)C=CC3C4=C5CCC16C(=C(O)CC(C1CCC7(CCCC7)C1)N1CC7CC(C1)C1CCC8=C(C5C5C(CC=CC35)C8)N1C7)OC(=O)C426. The van der Waals surface area contributed by atoms with Crippen LogP contribution in [0.1, 0.15) is 156 Å². The maximum absolute atomic E-state index is 16.6. The van der Waals surface area contributed by atoms with Crippen LogP contribution in [0.3, 0.4) is 0 Å². The van der Waals surface area contributed by atoms with Gasteiger partial charge in [0.2, 0.25) is 0 Å². The molecule has 8 nitrogen and oxygen atoms in total. The number of nitrogens with two attached hydrogens (primary N) is 1. The summed E-state index contributed by atoms with van der Waals surface area (Å²) in [4.78, 5) is 37.7. The van der Waals surface area contributed by atoms with E-state index in [1.165, 1.54) is 102 Å². The minimum Gasteiger partial charge on any atom is -0.509 e. The zero-order chi connectivity index (χ0) is 45.8. The molecule has 18 aliphatic rings. The molecule has 16 atom stereocenters. The molecule has 1 aromatic carbocycles. The minimum absolute atomic E-state index is 0.0598. The van der Waals surface area contributed by atoms with Crippen molar-refractivity contribution < 1.29 is 24.2 Å². The highest BCUT2D eigenvalue weighted by molar-refractivity contribution is 6.00. The number of aryl methyl sites for hydroxylation is 1. The molecule has 3 saturated heterocycles. The highest BCUT2D eigenvalue weighted by atomic mass is 16.6. The van der Waals surface area contributed by atoms with Crippen molar-refractivity contribution in [2.24, 2.45) is 87.1 Å². The topological polar surface area (TPSA) is 105 Å². The Bertz CT molecular complexity index is 2610. The fraction of sp³-hybridized carbons (Fsp3) is 0.705. The third kappa shape index (κ3) is 5.07. The Hall–Kier alpha value is -3.62. The van der Waals surface area contributed by atoms with Crippen molar-refractivity contribution >= 4 is 11.9 Å². The van der Waals surface area contributed by atoms with Gasteiger partial charge in [-0.1, -0.05) is 79.3 Å². The van der Waals surface area contributed by atoms with E-state index in [4.69, 9.17) is 15.2 Å². The van der Waals surface area contributed by atoms with Crippen LogP contribution < -0.4 is 5.73 Å². The minimum atomic E-state index is -1.14. The number of esters is 2. The largest absolute Gasteiger partial charge is 0.509 e. The van der Waals surface area contributed by atoms with Gasteiger partial charge in [0.1, 0.15) is 11.2 Å². The summed E-state index contributed by atoms with van der Waals surface area (Å²) in [5.74, 6) is 4.30. The van der Waals surface area contributed by atoms with E-state index in [2.05, 4.69) is 52.3 Å². The molecule has 8 heteroatoms. The predicted octanol–water partition coefficient (Wildman–Crippen LogP) is 11.0. The van der Waals surface area contributed by atoms with Crippen LogP contribution in [-0.4, -0.2) is 65.1 Å². The first kappa shape index (κ1) is 41.9. The van der Waals surface area contributed by atoms with Gasteiger partial charge in [0, 0.05) is 67.2 Å². The van der Waals surface area contributed by atoms with Gasteiger partial charge in [0.25, 0.3) is 0 Å². The van der Waals surface area contributed by atoms with Crippen molar-refractivity contribution in [2.75, 3.05) is 26.2 Å². The van der Waals surface area contributed by atoms with Crippen molar-refractivity contribution in [1.82, 2.24) is 9.80 Å². The number of hydrogen-bond acceptors (Lipinski definition) is 8. The van der Waals surface area contributed by atoms with Crippen LogP contribution in [0.25, 0.3) is 0 Å². The lowest BCUT2D eigenvalue weighted by Crippen LogP contribution is -2.78. The molecule has 16 unspecified atom stereocenters. The molecule has 19 rings (SSSR count). The number of fused-ring (bicyclic) bond motifs is 4. The summed E-state index contributed by atoms with van der Waals surface area (Å²) in [7, 11) is 0. The van der Waals surface area contributed by atoms with E-state index in [-0.39, 0.29) is 53.3 Å². The average molecular weight is 930 g/mol. The van der Waals surface area contributed by atoms with Crippen LogP contribution in [0, 0.1) is 81.3 Å². The van der Waals surface area contributed by atoms with Gasteiger partial charge in [-0.15, -0.1) is 0 Å². The van der Waals surface area contributed by atoms with Crippen LogP contribution >= 0.6 is 0 Å². The number of hydrogen-bond donors (Lipinski definition) is 2. The lowest BCUT2D eigenvalue weighted by Gasteiger charge is -2.73. The number of benzene rings is 1. The normalized spacial score (nSPS) is 46.7. The zero-order valence-electron chi connectivity index (χ0n) is 41.0. The second-order valence-electron chi connectivity index (χ2n) is 26.4. The molecular formula is C61H75N3O5. The Morgan fingerprint density at radius 1 is 0.841 bits per heavy atom. The molecule has 9 heterocycles. The Labute approximate surface area is 409 Å². The van der Waals surface area contributed by atoms with Crippen LogP contribution in [0.2, 0.25) is 0 Å². The fourth-order valence-corrected chi connectivity index (χ4v) is 22.1. The molecule has 69 heavy (non-hydrogen) atoms. The number of rotatable bonds is 5. The van der Waals surface area contributed by atoms with Gasteiger partial charge in [-0.25, -0.2) is 4.79 Å². The number of nitrogens with zero attached hydrogens (tertiary/aromatic N) is 2. The molecule has 9 aliphatic heterocycles. The van der Waals surface area contributed by atoms with E-state index in [1.807, 2.05) is 0 Å². The van der Waals surface area contributed by atoms with E-state index in [9.17, 15) is 5.11 Å². The lowest BCUT2D eigenvalue weighted by molar-refractivity contribution is -0.283. The number of aliphatic hydroxyl groups is 1. The molecule has 12 bridgehead atoms. The first-order valence-electron chi connectivity index (χ1n) is 28.8. The second-order valence-corrected chi connectivity index (χ2v) is 26.4. The van der Waals surface area contributed by atoms with Gasteiger partial charge in [-0.05, 0) is 180 Å². The highest BCUT2D eigenvalue weighted by Gasteiger charge is 2.94. The number of aliphatic hydroxyl groups excluding tert-OH is 1. The number of ether oxygens (including phenoxy) is 2. The third-order valence-corrected chi connectivity index (χ3v) is 24.1. The van der Waals surface area contributed by atoms with E-state index in [1.54, 1.807) is 16.8 Å². The van der Waals surface area contributed by atoms with Crippen molar-refractivity contribution in [1.29, 1.82) is 0 Å². The maximum Gasteiger partial charge on any atom is 0.339 e. The van der Waals surface area contributed by atoms with Gasteiger partial charge in [0.05, 0.1) is 11.0 Å². The Balaban J connectivity index is 0.985. The number of carbonyl (C=O) groups excluding carboxylic acids is 2. The summed E-state index contributed by atoms with van der Waals surface area (Å²) in [6.45, 7) is 3.88. The molecule has 9 aliphatic carbocycles. The van der Waals surface area contributed by atoms with Crippen molar-refractivity contribution in [2.45, 2.75) is 159 Å². The van der Waals surface area contributed by atoms with Crippen LogP contribution in [-0.2, 0) is 26.3 Å². The first-order chi connectivity index (χ1) is 33.8. The molecule has 4 spiro atoms. The summed E-state index contributed by atoms with van der Waals surface area (Å²) in [6, 6.07) is 7.17. The van der Waals surface area contributed by atoms with Gasteiger partial charge in [-0.2, -0.15) is 0 Å². The van der Waals surface area contributed by atoms with Crippen LogP contribution in [0.15, 0.2) is 76.4 Å². The van der Waals surface area contributed by atoms with Crippen molar-refractivity contribution in [3.8, 4) is 0 Å². The molecule has 0 amide bonds.